The normalized spacial score (nSPS) is 30.1. The van der Waals surface area contributed by atoms with Crippen LogP contribution in [0.25, 0.3) is 0 Å². The zero-order valence-electron chi connectivity index (χ0n) is 12.2. The molecule has 0 aromatic carbocycles. The van der Waals surface area contributed by atoms with Crippen molar-refractivity contribution in [2.24, 2.45) is 5.92 Å². The van der Waals surface area contributed by atoms with Crippen molar-refractivity contribution in [2.75, 3.05) is 0 Å². The van der Waals surface area contributed by atoms with Gasteiger partial charge in [-0.05, 0) is 38.0 Å². The third kappa shape index (κ3) is 8.74. The average molecular weight is 252 g/mol. The molecule has 0 bridgehead atoms. The Morgan fingerprint density at radius 2 is 1.44 bits per heavy atom. The molecule has 106 valence electrons. The molecule has 2 unspecified atom stereocenters. The maximum Gasteiger partial charge on any atom is 0.0542 e. The topological polar surface area (TPSA) is 20.2 Å². The van der Waals surface area contributed by atoms with Gasteiger partial charge in [0.2, 0.25) is 0 Å². The van der Waals surface area contributed by atoms with Gasteiger partial charge in [0, 0.05) is 0 Å². The van der Waals surface area contributed by atoms with Gasteiger partial charge in [0.1, 0.15) is 0 Å². The highest BCUT2D eigenvalue weighted by Crippen LogP contribution is 2.17. The molecule has 1 rings (SSSR count). The Kier molecular flexibility index (Phi) is 9.28. The highest BCUT2D eigenvalue weighted by Gasteiger charge is 2.09. The number of hydrogen-bond donors (Lipinski definition) is 1. The fraction of sp³-hybridized carbons (Fsp3) is 0.882. The zero-order valence-corrected chi connectivity index (χ0v) is 12.2. The Hall–Kier alpha value is -0.300. The van der Waals surface area contributed by atoms with Crippen molar-refractivity contribution < 1.29 is 5.11 Å². The van der Waals surface area contributed by atoms with Crippen LogP contribution >= 0.6 is 0 Å². The lowest BCUT2D eigenvalue weighted by atomic mass is 9.96. The van der Waals surface area contributed by atoms with Crippen molar-refractivity contribution in [2.45, 2.75) is 90.1 Å². The molecule has 0 saturated heterocycles. The first-order chi connectivity index (χ1) is 8.79. The van der Waals surface area contributed by atoms with Crippen LogP contribution in [0.5, 0.6) is 0 Å². The van der Waals surface area contributed by atoms with Gasteiger partial charge in [0.05, 0.1) is 6.10 Å². The van der Waals surface area contributed by atoms with E-state index in [1.807, 2.05) is 0 Å². The van der Waals surface area contributed by atoms with Crippen molar-refractivity contribution in [3.63, 3.8) is 0 Å². The van der Waals surface area contributed by atoms with Crippen LogP contribution < -0.4 is 0 Å². The quantitative estimate of drug-likeness (QED) is 0.585. The van der Waals surface area contributed by atoms with Crippen LogP contribution in [0.3, 0.4) is 0 Å². The van der Waals surface area contributed by atoms with Crippen LogP contribution in [0.2, 0.25) is 0 Å². The predicted octanol–water partition coefficient (Wildman–Crippen LogP) is 5.23. The largest absolute Gasteiger partial charge is 0.393 e. The molecule has 0 aromatic rings. The van der Waals surface area contributed by atoms with E-state index in [2.05, 4.69) is 19.1 Å². The second-order valence-electron chi connectivity index (χ2n) is 6.11. The first-order valence-electron chi connectivity index (χ1n) is 8.12. The fourth-order valence-corrected chi connectivity index (χ4v) is 2.83. The molecule has 1 N–H and O–H groups in total. The Morgan fingerprint density at radius 3 is 2.17 bits per heavy atom. The van der Waals surface area contributed by atoms with E-state index in [-0.39, 0.29) is 6.10 Å². The molecule has 0 aromatic heterocycles. The van der Waals surface area contributed by atoms with Gasteiger partial charge in [0.25, 0.3) is 0 Å². The van der Waals surface area contributed by atoms with Crippen molar-refractivity contribution in [1.29, 1.82) is 0 Å². The van der Waals surface area contributed by atoms with Crippen LogP contribution in [0.1, 0.15) is 84.0 Å². The molecule has 0 spiro atoms. The lowest BCUT2D eigenvalue weighted by Gasteiger charge is -2.15. The lowest BCUT2D eigenvalue weighted by molar-refractivity contribution is 0.133. The van der Waals surface area contributed by atoms with E-state index < -0.39 is 0 Å². The number of aliphatic hydroxyl groups is 1. The molecular formula is C17H32O. The first kappa shape index (κ1) is 15.8. The lowest BCUT2D eigenvalue weighted by Crippen LogP contribution is -2.11. The maximum absolute atomic E-state index is 9.97. The van der Waals surface area contributed by atoms with Crippen LogP contribution in [0.4, 0.5) is 0 Å². The summed E-state index contributed by atoms with van der Waals surface area (Å²) >= 11 is 0. The summed E-state index contributed by atoms with van der Waals surface area (Å²) in [4.78, 5) is 0. The summed E-state index contributed by atoms with van der Waals surface area (Å²) in [5.41, 5.74) is 0. The molecule has 0 heterocycles. The molecule has 1 nitrogen and oxygen atoms in total. The van der Waals surface area contributed by atoms with Gasteiger partial charge in [0.15, 0.2) is 0 Å². The second kappa shape index (κ2) is 10.6. The minimum Gasteiger partial charge on any atom is -0.393 e. The van der Waals surface area contributed by atoms with Crippen molar-refractivity contribution in [3.8, 4) is 0 Å². The Labute approximate surface area is 114 Å². The third-order valence-electron chi connectivity index (χ3n) is 4.04. The Morgan fingerprint density at radius 1 is 0.833 bits per heavy atom. The van der Waals surface area contributed by atoms with E-state index in [1.54, 1.807) is 0 Å². The highest BCUT2D eigenvalue weighted by atomic mass is 16.3. The number of allylic oxidation sites excluding steroid dienone is 2. The van der Waals surface area contributed by atoms with Gasteiger partial charge in [-0.25, -0.2) is 0 Å². The highest BCUT2D eigenvalue weighted by molar-refractivity contribution is 4.83. The van der Waals surface area contributed by atoms with E-state index in [1.165, 1.54) is 57.8 Å². The van der Waals surface area contributed by atoms with Gasteiger partial charge >= 0.3 is 0 Å². The van der Waals surface area contributed by atoms with Crippen LogP contribution in [0, 0.1) is 5.92 Å². The summed E-state index contributed by atoms with van der Waals surface area (Å²) in [7, 11) is 0. The van der Waals surface area contributed by atoms with E-state index in [9.17, 15) is 5.11 Å². The first-order valence-corrected chi connectivity index (χ1v) is 8.12. The van der Waals surface area contributed by atoms with Gasteiger partial charge in [-0.3, -0.25) is 0 Å². The van der Waals surface area contributed by atoms with Gasteiger partial charge in [-0.2, -0.15) is 0 Å². The smallest absolute Gasteiger partial charge is 0.0542 e. The second-order valence-corrected chi connectivity index (χ2v) is 6.11. The summed E-state index contributed by atoms with van der Waals surface area (Å²) in [6.45, 7) is 2.26. The summed E-state index contributed by atoms with van der Waals surface area (Å²) < 4.78 is 0. The maximum atomic E-state index is 9.97. The van der Waals surface area contributed by atoms with Crippen molar-refractivity contribution >= 4 is 0 Å². The Bertz CT molecular complexity index is 210. The summed E-state index contributed by atoms with van der Waals surface area (Å²) in [5, 5.41) is 9.97. The van der Waals surface area contributed by atoms with Crippen LogP contribution in [0.15, 0.2) is 12.2 Å². The summed E-state index contributed by atoms with van der Waals surface area (Å²) in [6.07, 6.45) is 19.8. The summed E-state index contributed by atoms with van der Waals surface area (Å²) in [6, 6.07) is 0. The van der Waals surface area contributed by atoms with Crippen LogP contribution in [-0.4, -0.2) is 11.2 Å². The molecule has 1 heteroatoms. The molecule has 0 amide bonds. The molecule has 1 aliphatic carbocycles. The average Bonchev–Trinajstić information content (AvgIpc) is 2.33. The summed E-state index contributed by atoms with van der Waals surface area (Å²) in [5.74, 6) is 0.629. The zero-order chi connectivity index (χ0) is 13.1. The van der Waals surface area contributed by atoms with Gasteiger partial charge < -0.3 is 5.11 Å². The standard InChI is InChI=1S/C17H32O/c1-16-13-11-9-7-5-3-2-4-6-8-10-12-14-17(18)15-16/h9,11,16-18H,2-8,10,12-15H2,1H3. The van der Waals surface area contributed by atoms with Crippen LogP contribution in [-0.2, 0) is 0 Å². The van der Waals surface area contributed by atoms with E-state index >= 15 is 0 Å². The minimum atomic E-state index is -0.0682. The molecule has 18 heavy (non-hydrogen) atoms. The third-order valence-corrected chi connectivity index (χ3v) is 4.04. The molecule has 2 atom stereocenters. The number of hydrogen-bond acceptors (Lipinski definition) is 1. The number of aliphatic hydroxyl groups excluding tert-OH is 1. The predicted molar refractivity (Wildman–Crippen MR) is 79.7 cm³/mol. The molecule has 0 fully saturated rings. The molecule has 0 radical (unpaired) electrons. The Balaban J connectivity index is 2.27. The fourth-order valence-electron chi connectivity index (χ4n) is 2.83. The van der Waals surface area contributed by atoms with E-state index in [0.717, 1.165) is 19.3 Å². The van der Waals surface area contributed by atoms with Crippen molar-refractivity contribution in [1.82, 2.24) is 0 Å². The van der Waals surface area contributed by atoms with Gasteiger partial charge in [-0.15, -0.1) is 0 Å². The van der Waals surface area contributed by atoms with Crippen molar-refractivity contribution in [3.05, 3.63) is 12.2 Å². The van der Waals surface area contributed by atoms with E-state index in [4.69, 9.17) is 0 Å². The molecule has 0 saturated carbocycles. The molecule has 0 aliphatic heterocycles. The molecule has 1 aliphatic rings. The number of rotatable bonds is 0. The SMILES string of the molecule is CC1CC=CCCCCCCCCCCC(O)C1. The monoisotopic (exact) mass is 252 g/mol. The minimum absolute atomic E-state index is 0.0682. The molecular weight excluding hydrogens is 220 g/mol. The van der Waals surface area contributed by atoms with E-state index in [0.29, 0.717) is 5.92 Å². The van der Waals surface area contributed by atoms with Gasteiger partial charge in [-0.1, -0.05) is 64.0 Å².